The van der Waals surface area contributed by atoms with Crippen molar-refractivity contribution in [1.82, 2.24) is 20.2 Å². The van der Waals surface area contributed by atoms with Crippen LogP contribution >= 0.6 is 0 Å². The summed E-state index contributed by atoms with van der Waals surface area (Å²) in [6.07, 6.45) is 5.33. The van der Waals surface area contributed by atoms with Crippen molar-refractivity contribution < 1.29 is 14.3 Å². The maximum absolute atomic E-state index is 12.4. The van der Waals surface area contributed by atoms with Crippen LogP contribution in [0.25, 0.3) is 17.5 Å². The zero-order valence-corrected chi connectivity index (χ0v) is 16.2. The second kappa shape index (κ2) is 8.14. The van der Waals surface area contributed by atoms with Crippen molar-refractivity contribution >= 4 is 17.7 Å². The number of carbonyl (C=O) groups excluding carboxylic acids is 1. The first-order valence-electron chi connectivity index (χ1n) is 9.27. The van der Waals surface area contributed by atoms with Crippen molar-refractivity contribution in [3.63, 3.8) is 0 Å². The van der Waals surface area contributed by atoms with E-state index < -0.39 is 0 Å². The first kappa shape index (κ1) is 18.7. The zero-order valence-electron chi connectivity index (χ0n) is 16.2. The van der Waals surface area contributed by atoms with Crippen LogP contribution in [0, 0.1) is 0 Å². The topological polar surface area (TPSA) is 91.2 Å². The molecule has 8 heteroatoms. The lowest BCUT2D eigenvalue weighted by molar-refractivity contribution is -0.111. The Bertz CT molecular complexity index is 1060. The van der Waals surface area contributed by atoms with Crippen molar-refractivity contribution in [2.45, 2.75) is 18.9 Å². The van der Waals surface area contributed by atoms with Crippen LogP contribution in [0.4, 0.5) is 5.69 Å². The summed E-state index contributed by atoms with van der Waals surface area (Å²) in [5.74, 6) is 1.80. The largest absolute Gasteiger partial charge is 0.497 e. The molecule has 1 saturated carbocycles. The molecule has 2 aromatic carbocycles. The van der Waals surface area contributed by atoms with Gasteiger partial charge in [0, 0.05) is 22.9 Å². The van der Waals surface area contributed by atoms with Gasteiger partial charge in [0.1, 0.15) is 11.5 Å². The minimum absolute atomic E-state index is 0.256. The SMILES string of the molecule is COc1ccc(OC)c(/C=C/C(=O)Nc2cccc(-c3nnnn3C3CC3)c2)c1. The Kier molecular flexibility index (Phi) is 5.24. The highest BCUT2D eigenvalue weighted by atomic mass is 16.5. The fraction of sp³-hybridized carbons (Fsp3) is 0.238. The molecule has 1 aliphatic rings. The van der Waals surface area contributed by atoms with Crippen molar-refractivity contribution in [3.8, 4) is 22.9 Å². The monoisotopic (exact) mass is 391 g/mol. The summed E-state index contributed by atoms with van der Waals surface area (Å²) in [6, 6.07) is 13.3. The quantitative estimate of drug-likeness (QED) is 0.621. The molecule has 1 N–H and O–H groups in total. The number of aromatic nitrogens is 4. The molecule has 4 rings (SSSR count). The normalized spacial score (nSPS) is 13.4. The van der Waals surface area contributed by atoms with Crippen molar-refractivity contribution in [3.05, 3.63) is 54.1 Å². The maximum atomic E-state index is 12.4. The molecule has 1 aliphatic carbocycles. The van der Waals surface area contributed by atoms with Crippen LogP contribution in [-0.2, 0) is 4.79 Å². The minimum atomic E-state index is -0.256. The Hall–Kier alpha value is -3.68. The van der Waals surface area contributed by atoms with Crippen LogP contribution in [0.15, 0.2) is 48.5 Å². The first-order chi connectivity index (χ1) is 14.2. The van der Waals surface area contributed by atoms with Gasteiger partial charge in [-0.3, -0.25) is 4.79 Å². The molecule has 1 aromatic heterocycles. The van der Waals surface area contributed by atoms with Crippen LogP contribution in [0.2, 0.25) is 0 Å². The van der Waals surface area contributed by atoms with E-state index in [0.717, 1.165) is 24.0 Å². The van der Waals surface area contributed by atoms with Crippen LogP contribution in [-0.4, -0.2) is 40.3 Å². The highest BCUT2D eigenvalue weighted by Gasteiger charge is 2.28. The predicted molar refractivity (Wildman–Crippen MR) is 109 cm³/mol. The molecular formula is C21H21N5O3. The summed E-state index contributed by atoms with van der Waals surface area (Å²) in [5, 5.41) is 14.9. The van der Waals surface area contributed by atoms with Crippen molar-refractivity contribution in [2.75, 3.05) is 19.5 Å². The number of amides is 1. The Morgan fingerprint density at radius 3 is 2.79 bits per heavy atom. The van der Waals surface area contributed by atoms with Gasteiger partial charge in [-0.15, -0.1) is 5.10 Å². The number of tetrazole rings is 1. The first-order valence-corrected chi connectivity index (χ1v) is 9.27. The maximum Gasteiger partial charge on any atom is 0.248 e. The second-order valence-corrected chi connectivity index (χ2v) is 6.69. The van der Waals surface area contributed by atoms with E-state index in [1.54, 1.807) is 38.5 Å². The molecule has 0 unspecified atom stereocenters. The standard InChI is InChI=1S/C21H21N5O3/c1-28-18-9-10-19(29-2)14(13-18)6-11-20(27)22-16-5-3-4-15(12-16)21-23-24-25-26(21)17-7-8-17/h3-6,9-13,17H,7-8H2,1-2H3,(H,22,27)/b11-6+. The average Bonchev–Trinajstić information content (AvgIpc) is 3.48. The third-order valence-corrected chi connectivity index (χ3v) is 4.63. The van der Waals surface area contributed by atoms with E-state index in [-0.39, 0.29) is 5.91 Å². The van der Waals surface area contributed by atoms with E-state index in [1.165, 1.54) is 6.08 Å². The van der Waals surface area contributed by atoms with Gasteiger partial charge in [-0.2, -0.15) is 0 Å². The lowest BCUT2D eigenvalue weighted by Crippen LogP contribution is -2.08. The van der Waals surface area contributed by atoms with Crippen LogP contribution in [0.1, 0.15) is 24.4 Å². The van der Waals surface area contributed by atoms with Gasteiger partial charge in [0.2, 0.25) is 5.91 Å². The zero-order chi connectivity index (χ0) is 20.2. The van der Waals surface area contributed by atoms with Crippen LogP contribution in [0.5, 0.6) is 11.5 Å². The van der Waals surface area contributed by atoms with Gasteiger partial charge in [0.05, 0.1) is 20.3 Å². The highest BCUT2D eigenvalue weighted by Crippen LogP contribution is 2.36. The molecule has 1 heterocycles. The molecule has 8 nitrogen and oxygen atoms in total. The number of hydrogen-bond acceptors (Lipinski definition) is 6. The molecule has 1 fully saturated rings. The molecule has 29 heavy (non-hydrogen) atoms. The van der Waals surface area contributed by atoms with Gasteiger partial charge < -0.3 is 14.8 Å². The number of benzene rings is 2. The van der Waals surface area contributed by atoms with E-state index in [1.807, 2.05) is 28.9 Å². The molecule has 0 atom stereocenters. The number of methoxy groups -OCH3 is 2. The molecule has 0 bridgehead atoms. The molecule has 0 radical (unpaired) electrons. The number of hydrogen-bond donors (Lipinski definition) is 1. The van der Waals surface area contributed by atoms with Crippen molar-refractivity contribution in [1.29, 1.82) is 0 Å². The lowest BCUT2D eigenvalue weighted by Gasteiger charge is -2.08. The summed E-state index contributed by atoms with van der Waals surface area (Å²) in [4.78, 5) is 12.4. The molecule has 0 spiro atoms. The number of rotatable bonds is 7. The Morgan fingerprint density at radius 2 is 2.03 bits per heavy atom. The number of nitrogens with one attached hydrogen (secondary N) is 1. The van der Waals surface area contributed by atoms with E-state index in [9.17, 15) is 4.79 Å². The van der Waals surface area contributed by atoms with Gasteiger partial charge in [-0.1, -0.05) is 12.1 Å². The minimum Gasteiger partial charge on any atom is -0.497 e. The smallest absolute Gasteiger partial charge is 0.248 e. The number of carbonyl (C=O) groups is 1. The fourth-order valence-corrected chi connectivity index (χ4v) is 3.00. The van der Waals surface area contributed by atoms with Gasteiger partial charge in [-0.05, 0) is 59.7 Å². The third-order valence-electron chi connectivity index (χ3n) is 4.63. The molecule has 148 valence electrons. The number of nitrogens with zero attached hydrogens (tertiary/aromatic N) is 4. The predicted octanol–water partition coefficient (Wildman–Crippen LogP) is 3.34. The van der Waals surface area contributed by atoms with Gasteiger partial charge in [-0.25, -0.2) is 4.68 Å². The fourth-order valence-electron chi connectivity index (χ4n) is 3.00. The van der Waals surface area contributed by atoms with Crippen LogP contribution < -0.4 is 14.8 Å². The summed E-state index contributed by atoms with van der Waals surface area (Å²) >= 11 is 0. The van der Waals surface area contributed by atoms with E-state index in [4.69, 9.17) is 9.47 Å². The lowest BCUT2D eigenvalue weighted by atomic mass is 10.1. The number of ether oxygens (including phenoxy) is 2. The average molecular weight is 391 g/mol. The molecule has 0 saturated heterocycles. The molecule has 3 aromatic rings. The highest BCUT2D eigenvalue weighted by molar-refractivity contribution is 6.02. The van der Waals surface area contributed by atoms with E-state index in [0.29, 0.717) is 29.1 Å². The van der Waals surface area contributed by atoms with Crippen LogP contribution in [0.3, 0.4) is 0 Å². The van der Waals surface area contributed by atoms with Gasteiger partial charge >= 0.3 is 0 Å². The Balaban J connectivity index is 1.49. The van der Waals surface area contributed by atoms with Crippen molar-refractivity contribution in [2.24, 2.45) is 0 Å². The second-order valence-electron chi connectivity index (χ2n) is 6.69. The molecule has 0 aliphatic heterocycles. The molecule has 1 amide bonds. The molecular weight excluding hydrogens is 370 g/mol. The third kappa shape index (κ3) is 4.26. The van der Waals surface area contributed by atoms with E-state index in [2.05, 4.69) is 20.8 Å². The summed E-state index contributed by atoms with van der Waals surface area (Å²) < 4.78 is 12.4. The number of anilines is 1. The summed E-state index contributed by atoms with van der Waals surface area (Å²) in [7, 11) is 3.18. The Morgan fingerprint density at radius 1 is 1.17 bits per heavy atom. The van der Waals surface area contributed by atoms with Gasteiger partial charge in [0.25, 0.3) is 0 Å². The summed E-state index contributed by atoms with van der Waals surface area (Å²) in [6.45, 7) is 0. The van der Waals surface area contributed by atoms with E-state index >= 15 is 0 Å². The van der Waals surface area contributed by atoms with Gasteiger partial charge in [0.15, 0.2) is 5.82 Å². The summed E-state index contributed by atoms with van der Waals surface area (Å²) in [5.41, 5.74) is 2.28. The Labute approximate surface area is 168 Å².